The summed E-state index contributed by atoms with van der Waals surface area (Å²) in [5.74, 6) is 2.56. The minimum Gasteiger partial charge on any atom is -0.313 e. The molecule has 0 bridgehead atoms. The monoisotopic (exact) mass is 216 g/mol. The lowest BCUT2D eigenvalue weighted by Gasteiger charge is -2.17. The molecule has 0 aliphatic heterocycles. The number of nitrogens with zero attached hydrogens (tertiary/aromatic N) is 1. The van der Waals surface area contributed by atoms with E-state index in [0.29, 0.717) is 0 Å². The Labute approximate surface area is 92.8 Å². The van der Waals surface area contributed by atoms with Crippen LogP contribution in [0.2, 0.25) is 0 Å². The van der Waals surface area contributed by atoms with Crippen LogP contribution in [0, 0.1) is 0 Å². The average molecular weight is 216 g/mol. The minimum atomic E-state index is 0.874. The molecular formula is C11H24N2S. The molecule has 0 unspecified atom stereocenters. The van der Waals surface area contributed by atoms with Crippen molar-refractivity contribution in [2.24, 2.45) is 0 Å². The van der Waals surface area contributed by atoms with Gasteiger partial charge in [0.15, 0.2) is 0 Å². The zero-order valence-corrected chi connectivity index (χ0v) is 10.4. The molecule has 3 heteroatoms. The fourth-order valence-corrected chi connectivity index (χ4v) is 2.31. The third-order valence-corrected chi connectivity index (χ3v) is 3.67. The van der Waals surface area contributed by atoms with Crippen LogP contribution in [0.15, 0.2) is 0 Å². The fraction of sp³-hybridized carbons (Fsp3) is 1.00. The summed E-state index contributed by atoms with van der Waals surface area (Å²) >= 11 is 2.08. The lowest BCUT2D eigenvalue weighted by molar-refractivity contribution is 0.324. The van der Waals surface area contributed by atoms with Crippen molar-refractivity contribution < 1.29 is 0 Å². The summed E-state index contributed by atoms with van der Waals surface area (Å²) in [6, 6.07) is 0.874. The lowest BCUT2D eigenvalue weighted by Crippen LogP contribution is -2.26. The van der Waals surface area contributed by atoms with E-state index < -0.39 is 0 Å². The van der Waals surface area contributed by atoms with E-state index in [0.717, 1.165) is 6.04 Å². The molecule has 1 saturated carbocycles. The van der Waals surface area contributed by atoms with Gasteiger partial charge in [-0.05, 0) is 25.9 Å². The number of thioether (sulfide) groups is 1. The van der Waals surface area contributed by atoms with Crippen LogP contribution >= 0.6 is 11.8 Å². The Balaban J connectivity index is 1.78. The number of hydrogen-bond donors (Lipinski definition) is 1. The van der Waals surface area contributed by atoms with Crippen LogP contribution in [-0.2, 0) is 0 Å². The highest BCUT2D eigenvalue weighted by molar-refractivity contribution is 7.99. The van der Waals surface area contributed by atoms with Gasteiger partial charge in [-0.25, -0.2) is 0 Å². The van der Waals surface area contributed by atoms with Gasteiger partial charge in [-0.15, -0.1) is 0 Å². The molecule has 14 heavy (non-hydrogen) atoms. The highest BCUT2D eigenvalue weighted by atomic mass is 32.2. The number of hydrogen-bond acceptors (Lipinski definition) is 3. The molecule has 2 nitrogen and oxygen atoms in total. The molecular weight excluding hydrogens is 192 g/mol. The Morgan fingerprint density at radius 2 is 1.93 bits per heavy atom. The first-order valence-electron chi connectivity index (χ1n) is 5.90. The summed E-state index contributed by atoms with van der Waals surface area (Å²) in [5, 5.41) is 3.54. The van der Waals surface area contributed by atoms with E-state index in [1.165, 1.54) is 50.5 Å². The van der Waals surface area contributed by atoms with Crippen molar-refractivity contribution in [1.29, 1.82) is 0 Å². The molecule has 84 valence electrons. The topological polar surface area (TPSA) is 15.3 Å². The first-order valence-corrected chi connectivity index (χ1v) is 7.05. The molecule has 0 atom stereocenters. The Bertz CT molecular complexity index is 133. The zero-order valence-electron chi connectivity index (χ0n) is 9.59. The van der Waals surface area contributed by atoms with Crippen molar-refractivity contribution in [3.63, 3.8) is 0 Å². The summed E-state index contributed by atoms with van der Waals surface area (Å²) in [4.78, 5) is 2.49. The molecule has 0 amide bonds. The lowest BCUT2D eigenvalue weighted by atomic mass is 10.5. The van der Waals surface area contributed by atoms with Gasteiger partial charge in [-0.2, -0.15) is 11.8 Å². The van der Waals surface area contributed by atoms with Crippen molar-refractivity contribution in [2.45, 2.75) is 32.7 Å². The molecule has 0 radical (unpaired) electrons. The maximum Gasteiger partial charge on any atom is 0.00721 e. The summed E-state index contributed by atoms with van der Waals surface area (Å²) in [7, 11) is 0. The maximum atomic E-state index is 3.54. The van der Waals surface area contributed by atoms with Gasteiger partial charge in [0.25, 0.3) is 0 Å². The van der Waals surface area contributed by atoms with E-state index in [9.17, 15) is 0 Å². The summed E-state index contributed by atoms with van der Waals surface area (Å²) in [6.07, 6.45) is 2.81. The SMILES string of the molecule is CCN(CC)CCSCCNC1CC1. The van der Waals surface area contributed by atoms with Crippen LogP contribution in [-0.4, -0.2) is 48.6 Å². The van der Waals surface area contributed by atoms with Crippen LogP contribution in [0.5, 0.6) is 0 Å². The van der Waals surface area contributed by atoms with Crippen molar-refractivity contribution in [3.05, 3.63) is 0 Å². The van der Waals surface area contributed by atoms with Gasteiger partial charge < -0.3 is 10.2 Å². The van der Waals surface area contributed by atoms with Crippen LogP contribution in [0.25, 0.3) is 0 Å². The summed E-state index contributed by atoms with van der Waals surface area (Å²) < 4.78 is 0. The van der Waals surface area contributed by atoms with Gasteiger partial charge in [0, 0.05) is 30.6 Å². The normalized spacial score (nSPS) is 16.5. The molecule has 0 aromatic rings. The summed E-state index contributed by atoms with van der Waals surface area (Å²) in [5.41, 5.74) is 0. The van der Waals surface area contributed by atoms with E-state index in [-0.39, 0.29) is 0 Å². The predicted molar refractivity (Wildman–Crippen MR) is 66.1 cm³/mol. The molecule has 0 saturated heterocycles. The second-order valence-corrected chi connectivity index (χ2v) is 5.09. The Morgan fingerprint density at radius 1 is 1.21 bits per heavy atom. The van der Waals surface area contributed by atoms with Crippen molar-refractivity contribution in [2.75, 3.05) is 37.7 Å². The second kappa shape index (κ2) is 7.55. The number of rotatable bonds is 9. The molecule has 1 fully saturated rings. The van der Waals surface area contributed by atoms with Gasteiger partial charge in [0.2, 0.25) is 0 Å². The molecule has 1 rings (SSSR count). The highest BCUT2D eigenvalue weighted by Crippen LogP contribution is 2.18. The van der Waals surface area contributed by atoms with E-state index in [4.69, 9.17) is 0 Å². The summed E-state index contributed by atoms with van der Waals surface area (Å²) in [6.45, 7) is 9.31. The Hall–Kier alpha value is 0.270. The van der Waals surface area contributed by atoms with Gasteiger partial charge in [-0.1, -0.05) is 13.8 Å². The largest absolute Gasteiger partial charge is 0.313 e. The van der Waals surface area contributed by atoms with Gasteiger partial charge >= 0.3 is 0 Å². The minimum absolute atomic E-state index is 0.874. The van der Waals surface area contributed by atoms with Crippen LogP contribution in [0.3, 0.4) is 0 Å². The Kier molecular flexibility index (Phi) is 6.65. The van der Waals surface area contributed by atoms with Crippen molar-refractivity contribution in [3.8, 4) is 0 Å². The average Bonchev–Trinajstić information content (AvgIpc) is 3.01. The smallest absolute Gasteiger partial charge is 0.00721 e. The van der Waals surface area contributed by atoms with Crippen LogP contribution in [0.4, 0.5) is 0 Å². The van der Waals surface area contributed by atoms with Gasteiger partial charge in [0.1, 0.15) is 0 Å². The molecule has 0 spiro atoms. The maximum absolute atomic E-state index is 3.54. The molecule has 0 aromatic heterocycles. The zero-order chi connectivity index (χ0) is 10.2. The quantitative estimate of drug-likeness (QED) is 0.592. The van der Waals surface area contributed by atoms with E-state index in [1.807, 2.05) is 0 Å². The Morgan fingerprint density at radius 3 is 2.50 bits per heavy atom. The van der Waals surface area contributed by atoms with Gasteiger partial charge in [0.05, 0.1) is 0 Å². The third-order valence-electron chi connectivity index (χ3n) is 2.70. The van der Waals surface area contributed by atoms with Crippen molar-refractivity contribution in [1.82, 2.24) is 10.2 Å². The molecule has 0 aromatic carbocycles. The standard InChI is InChI=1S/C11H24N2S/c1-3-13(4-2)8-10-14-9-7-12-11-5-6-11/h11-12H,3-10H2,1-2H3. The molecule has 1 N–H and O–H groups in total. The van der Waals surface area contributed by atoms with Crippen LogP contribution in [0.1, 0.15) is 26.7 Å². The first kappa shape index (κ1) is 12.3. The molecule has 1 aliphatic rings. The highest BCUT2D eigenvalue weighted by Gasteiger charge is 2.19. The molecule has 0 heterocycles. The van der Waals surface area contributed by atoms with E-state index in [1.54, 1.807) is 0 Å². The third kappa shape index (κ3) is 5.89. The second-order valence-electron chi connectivity index (χ2n) is 3.87. The first-order chi connectivity index (χ1) is 6.86. The molecule has 1 aliphatic carbocycles. The van der Waals surface area contributed by atoms with Gasteiger partial charge in [-0.3, -0.25) is 0 Å². The number of nitrogens with one attached hydrogen (secondary N) is 1. The van der Waals surface area contributed by atoms with Crippen molar-refractivity contribution >= 4 is 11.8 Å². The van der Waals surface area contributed by atoms with E-state index in [2.05, 4.69) is 35.8 Å². The fourth-order valence-electron chi connectivity index (χ4n) is 1.46. The predicted octanol–water partition coefficient (Wildman–Crippen LogP) is 1.81. The van der Waals surface area contributed by atoms with E-state index >= 15 is 0 Å². The van der Waals surface area contributed by atoms with Crippen LogP contribution < -0.4 is 5.32 Å².